The molecule has 1 aliphatic rings. The van der Waals surface area contributed by atoms with E-state index in [1.54, 1.807) is 29.3 Å². The van der Waals surface area contributed by atoms with Gasteiger partial charge in [0.2, 0.25) is 10.0 Å². The zero-order valence-corrected chi connectivity index (χ0v) is 16.9. The van der Waals surface area contributed by atoms with Gasteiger partial charge in [-0.1, -0.05) is 24.3 Å². The number of rotatable bonds is 5. The van der Waals surface area contributed by atoms with Gasteiger partial charge >= 0.3 is 0 Å². The maximum atomic E-state index is 13.2. The molecule has 0 saturated heterocycles. The second-order valence-corrected chi connectivity index (χ2v) is 9.10. The highest BCUT2D eigenvalue weighted by Crippen LogP contribution is 2.28. The summed E-state index contributed by atoms with van der Waals surface area (Å²) in [6.07, 6.45) is 3.39. The molecule has 2 heterocycles. The Morgan fingerprint density at radius 3 is 2.79 bits per heavy atom. The molecule has 0 saturated carbocycles. The maximum Gasteiger partial charge on any atom is 0.258 e. The average Bonchev–Trinajstić information content (AvgIpc) is 3.26. The molecule has 0 aliphatic carbocycles. The summed E-state index contributed by atoms with van der Waals surface area (Å²) in [4.78, 5) is 15.0. The standard InChI is InChI=1S/C21H22N4O3S/c1-24(15-18-11-12-22-23-18)29(27,28)19-9-4-7-17(14-19)21(26)25-13-5-8-16-6-2-3-10-20(16)25/h2-4,6-7,9-12,14H,5,8,13,15H2,1H3,(H,22,23). The number of amides is 1. The maximum absolute atomic E-state index is 13.2. The van der Waals surface area contributed by atoms with Gasteiger partial charge in [0, 0.05) is 31.0 Å². The molecular formula is C21H22N4O3S. The first-order valence-electron chi connectivity index (χ1n) is 9.41. The lowest BCUT2D eigenvalue weighted by Gasteiger charge is -2.29. The van der Waals surface area contributed by atoms with Crippen LogP contribution in [-0.2, 0) is 23.0 Å². The van der Waals surface area contributed by atoms with Crippen molar-refractivity contribution in [2.75, 3.05) is 18.5 Å². The smallest absolute Gasteiger partial charge is 0.258 e. The number of hydrogen-bond acceptors (Lipinski definition) is 4. The van der Waals surface area contributed by atoms with E-state index in [1.807, 2.05) is 24.3 Å². The lowest BCUT2D eigenvalue weighted by atomic mass is 10.0. The SMILES string of the molecule is CN(Cc1ccn[nH]1)S(=O)(=O)c1cccc(C(=O)N2CCCc3ccccc32)c1. The van der Waals surface area contributed by atoms with E-state index in [0.29, 0.717) is 17.8 Å². The number of para-hydroxylation sites is 1. The summed E-state index contributed by atoms with van der Waals surface area (Å²) in [6, 6.07) is 15.8. The molecule has 0 fully saturated rings. The number of nitrogens with one attached hydrogen (secondary N) is 1. The molecule has 7 nitrogen and oxygen atoms in total. The number of aryl methyl sites for hydroxylation is 1. The first-order valence-corrected chi connectivity index (χ1v) is 10.9. The molecule has 1 aliphatic heterocycles. The third kappa shape index (κ3) is 3.81. The zero-order valence-electron chi connectivity index (χ0n) is 16.1. The third-order valence-electron chi connectivity index (χ3n) is 5.10. The number of aromatic nitrogens is 2. The van der Waals surface area contributed by atoms with E-state index in [1.165, 1.54) is 23.5 Å². The van der Waals surface area contributed by atoms with Gasteiger partial charge in [0.1, 0.15) is 0 Å². The van der Waals surface area contributed by atoms with Crippen LogP contribution in [0.2, 0.25) is 0 Å². The van der Waals surface area contributed by atoms with Crippen LogP contribution >= 0.6 is 0 Å². The normalized spacial score (nSPS) is 14.1. The summed E-state index contributed by atoms with van der Waals surface area (Å²) in [7, 11) is -2.24. The predicted octanol–water partition coefficient (Wildman–Crippen LogP) is 2.82. The van der Waals surface area contributed by atoms with Gasteiger partial charge in [0.15, 0.2) is 0 Å². The Bertz CT molecular complexity index is 1130. The van der Waals surface area contributed by atoms with E-state index >= 15 is 0 Å². The van der Waals surface area contributed by atoms with Crippen LogP contribution in [0.15, 0.2) is 65.7 Å². The number of benzene rings is 2. The van der Waals surface area contributed by atoms with Gasteiger partial charge in [-0.25, -0.2) is 8.42 Å². The summed E-state index contributed by atoms with van der Waals surface area (Å²) in [5.41, 5.74) is 3.08. The number of nitrogens with zero attached hydrogens (tertiary/aromatic N) is 3. The molecule has 0 atom stereocenters. The van der Waals surface area contributed by atoms with Gasteiger partial charge in [0.25, 0.3) is 5.91 Å². The number of hydrogen-bond donors (Lipinski definition) is 1. The lowest BCUT2D eigenvalue weighted by molar-refractivity contribution is 0.0985. The molecule has 8 heteroatoms. The molecule has 1 aromatic heterocycles. The molecule has 0 spiro atoms. The van der Waals surface area contributed by atoms with E-state index in [4.69, 9.17) is 0 Å². The van der Waals surface area contributed by atoms with Crippen molar-refractivity contribution in [1.82, 2.24) is 14.5 Å². The fourth-order valence-corrected chi connectivity index (χ4v) is 4.76. The molecule has 0 bridgehead atoms. The van der Waals surface area contributed by atoms with Crippen LogP contribution in [0.1, 0.15) is 28.0 Å². The minimum atomic E-state index is -3.75. The Hall–Kier alpha value is -2.97. The Kier molecular flexibility index (Phi) is 5.21. The molecular weight excluding hydrogens is 388 g/mol. The van der Waals surface area contributed by atoms with E-state index in [2.05, 4.69) is 10.2 Å². The quantitative estimate of drug-likeness (QED) is 0.701. The van der Waals surface area contributed by atoms with Crippen molar-refractivity contribution in [2.24, 2.45) is 0 Å². The van der Waals surface area contributed by atoms with Crippen molar-refractivity contribution in [3.8, 4) is 0 Å². The number of carbonyl (C=O) groups is 1. The molecule has 0 radical (unpaired) electrons. The monoisotopic (exact) mass is 410 g/mol. The highest BCUT2D eigenvalue weighted by atomic mass is 32.2. The minimum Gasteiger partial charge on any atom is -0.308 e. The van der Waals surface area contributed by atoms with Crippen molar-refractivity contribution < 1.29 is 13.2 Å². The number of H-pyrrole nitrogens is 1. The summed E-state index contributed by atoms with van der Waals surface area (Å²) in [5, 5.41) is 6.60. The number of anilines is 1. The van der Waals surface area contributed by atoms with Gasteiger partial charge in [-0.15, -0.1) is 0 Å². The van der Waals surface area contributed by atoms with Gasteiger partial charge < -0.3 is 4.90 Å². The summed E-state index contributed by atoms with van der Waals surface area (Å²) < 4.78 is 27.2. The third-order valence-corrected chi connectivity index (χ3v) is 6.90. The lowest BCUT2D eigenvalue weighted by Crippen LogP contribution is -2.35. The summed E-state index contributed by atoms with van der Waals surface area (Å²) >= 11 is 0. The highest BCUT2D eigenvalue weighted by Gasteiger charge is 2.26. The molecule has 1 N–H and O–H groups in total. The first kappa shape index (κ1) is 19.4. The zero-order chi connectivity index (χ0) is 20.4. The highest BCUT2D eigenvalue weighted by molar-refractivity contribution is 7.89. The summed E-state index contributed by atoms with van der Waals surface area (Å²) in [6.45, 7) is 0.784. The van der Waals surface area contributed by atoms with Crippen LogP contribution in [0.3, 0.4) is 0 Å². The van der Waals surface area contributed by atoms with Crippen molar-refractivity contribution in [2.45, 2.75) is 24.3 Å². The van der Waals surface area contributed by atoms with Crippen LogP contribution in [0.25, 0.3) is 0 Å². The first-order chi connectivity index (χ1) is 14.0. The molecule has 150 valence electrons. The van der Waals surface area contributed by atoms with Crippen molar-refractivity contribution in [1.29, 1.82) is 0 Å². The van der Waals surface area contributed by atoms with Gasteiger partial charge in [-0.05, 0) is 48.7 Å². The fraction of sp³-hybridized carbons (Fsp3) is 0.238. The van der Waals surface area contributed by atoms with Crippen molar-refractivity contribution in [3.05, 3.63) is 77.6 Å². The van der Waals surface area contributed by atoms with Gasteiger partial charge in [-0.3, -0.25) is 9.89 Å². The Balaban J connectivity index is 1.61. The molecule has 1 amide bonds. The Morgan fingerprint density at radius 2 is 2.00 bits per heavy atom. The number of carbonyl (C=O) groups excluding carboxylic acids is 1. The van der Waals surface area contributed by atoms with E-state index < -0.39 is 10.0 Å². The van der Waals surface area contributed by atoms with Gasteiger partial charge in [-0.2, -0.15) is 9.40 Å². The largest absolute Gasteiger partial charge is 0.308 e. The second-order valence-electron chi connectivity index (χ2n) is 7.06. The van der Waals surface area contributed by atoms with Crippen LogP contribution in [0, 0.1) is 0 Å². The Morgan fingerprint density at radius 1 is 1.17 bits per heavy atom. The number of fused-ring (bicyclic) bond motifs is 1. The number of sulfonamides is 1. The van der Waals surface area contributed by atoms with E-state index in [0.717, 1.165) is 24.1 Å². The van der Waals surface area contributed by atoms with E-state index in [9.17, 15) is 13.2 Å². The molecule has 2 aromatic carbocycles. The molecule has 29 heavy (non-hydrogen) atoms. The van der Waals surface area contributed by atoms with Crippen LogP contribution < -0.4 is 4.90 Å². The Labute approximate surface area is 170 Å². The second kappa shape index (κ2) is 7.81. The van der Waals surface area contributed by atoms with Crippen molar-refractivity contribution >= 4 is 21.6 Å². The topological polar surface area (TPSA) is 86.4 Å². The molecule has 0 unspecified atom stereocenters. The average molecular weight is 410 g/mol. The van der Waals surface area contributed by atoms with E-state index in [-0.39, 0.29) is 17.3 Å². The minimum absolute atomic E-state index is 0.0932. The molecule has 3 aromatic rings. The van der Waals surface area contributed by atoms with Gasteiger partial charge in [0.05, 0.1) is 17.1 Å². The predicted molar refractivity (Wildman–Crippen MR) is 110 cm³/mol. The summed E-state index contributed by atoms with van der Waals surface area (Å²) in [5.74, 6) is -0.189. The van der Waals surface area contributed by atoms with Crippen LogP contribution in [0.5, 0.6) is 0 Å². The molecule has 4 rings (SSSR count). The number of aromatic amines is 1. The van der Waals surface area contributed by atoms with Crippen LogP contribution in [0.4, 0.5) is 5.69 Å². The fourth-order valence-electron chi connectivity index (χ4n) is 3.57. The van der Waals surface area contributed by atoms with Crippen molar-refractivity contribution in [3.63, 3.8) is 0 Å². The van der Waals surface area contributed by atoms with Crippen LogP contribution in [-0.4, -0.2) is 42.4 Å².